The minimum absolute atomic E-state index is 0.0939. The summed E-state index contributed by atoms with van der Waals surface area (Å²) in [6, 6.07) is 26.7. The molecule has 0 aliphatic rings. The van der Waals surface area contributed by atoms with E-state index in [1.54, 1.807) is 17.0 Å². The van der Waals surface area contributed by atoms with Gasteiger partial charge in [0.15, 0.2) is 11.8 Å². The van der Waals surface area contributed by atoms with Crippen molar-refractivity contribution in [3.05, 3.63) is 102 Å². The fraction of sp³-hybridized carbons (Fsp3) is 0.281. The number of nitrogens with zero attached hydrogens (tertiary/aromatic N) is 1. The van der Waals surface area contributed by atoms with Gasteiger partial charge in [0.05, 0.1) is 17.9 Å². The Morgan fingerprint density at radius 1 is 0.810 bits per heavy atom. The van der Waals surface area contributed by atoms with Crippen LogP contribution in [0, 0.1) is 0 Å². The first-order valence-electron chi connectivity index (χ1n) is 13.4. The topological polar surface area (TPSA) is 134 Å². The van der Waals surface area contributed by atoms with Gasteiger partial charge >= 0.3 is 17.9 Å². The van der Waals surface area contributed by atoms with Gasteiger partial charge in [-0.1, -0.05) is 98.2 Å². The van der Waals surface area contributed by atoms with Crippen molar-refractivity contribution in [2.45, 2.75) is 38.5 Å². The number of esters is 1. The Morgan fingerprint density at radius 3 is 1.83 bits per heavy atom. The van der Waals surface area contributed by atoms with Gasteiger partial charge in [-0.15, -0.1) is 0 Å². The zero-order valence-electron chi connectivity index (χ0n) is 23.4. The van der Waals surface area contributed by atoms with Gasteiger partial charge in [-0.25, -0.2) is 4.79 Å². The lowest BCUT2D eigenvalue weighted by Gasteiger charge is -2.30. The Labute approximate surface area is 249 Å². The average molecular weight is 596 g/mol. The van der Waals surface area contributed by atoms with E-state index < -0.39 is 42.6 Å². The normalized spacial score (nSPS) is 13.9. The van der Waals surface area contributed by atoms with Gasteiger partial charge in [0, 0.05) is 5.57 Å². The van der Waals surface area contributed by atoms with E-state index in [0.29, 0.717) is 23.9 Å². The van der Waals surface area contributed by atoms with Crippen LogP contribution in [0.25, 0.3) is 10.6 Å². The second-order valence-electron chi connectivity index (χ2n) is 9.51. The zero-order chi connectivity index (χ0) is 30.7. The molecule has 2 unspecified atom stereocenters. The molecule has 0 amide bonds. The van der Waals surface area contributed by atoms with Gasteiger partial charge in [0.1, 0.15) is 12.4 Å². The van der Waals surface area contributed by atoms with Crippen LogP contribution < -0.4 is 4.74 Å². The summed E-state index contributed by atoms with van der Waals surface area (Å²) in [6.45, 7) is 4.58. The van der Waals surface area contributed by atoms with E-state index in [9.17, 15) is 24.6 Å². The first kappa shape index (κ1) is 32.3. The van der Waals surface area contributed by atoms with Gasteiger partial charge in [-0.3, -0.25) is 14.5 Å². The Balaban J connectivity index is 1.80. The molecule has 3 aromatic rings. The summed E-state index contributed by atoms with van der Waals surface area (Å²) in [4.78, 5) is 36.9. The quantitative estimate of drug-likeness (QED) is 0.124. The van der Waals surface area contributed by atoms with E-state index in [0.717, 1.165) is 22.3 Å². The van der Waals surface area contributed by atoms with Gasteiger partial charge in [-0.2, -0.15) is 0 Å². The van der Waals surface area contributed by atoms with Crippen LogP contribution in [0.3, 0.4) is 0 Å². The number of carbonyl (C=O) groups is 3. The standard InChI is InChI=1S/C32H34ClNO8/c1-3-34(4-2)26(42-28(37)20-32(40,31(38)39)19-27(35)36)21-41-25-17-15-23(16-18-25)29(22-11-7-5-8-12-22)30(33)24-13-9-6-10-14-24/h5-18,26,40H,3-4,19-21H2,1-2H3,(H,35,36)(H,38,39)/b30-29-. The van der Waals surface area contributed by atoms with Crippen molar-refractivity contribution in [2.24, 2.45) is 0 Å². The smallest absolute Gasteiger partial charge is 0.336 e. The van der Waals surface area contributed by atoms with Crippen LogP contribution in [0.5, 0.6) is 5.75 Å². The molecule has 0 fully saturated rings. The van der Waals surface area contributed by atoms with Crippen LogP contribution in [-0.2, 0) is 19.1 Å². The van der Waals surface area contributed by atoms with Gasteiger partial charge < -0.3 is 24.8 Å². The molecule has 0 aliphatic heterocycles. The van der Waals surface area contributed by atoms with Gasteiger partial charge in [0.2, 0.25) is 0 Å². The molecule has 0 heterocycles. The number of benzene rings is 3. The van der Waals surface area contributed by atoms with Crippen molar-refractivity contribution in [3.63, 3.8) is 0 Å². The van der Waals surface area contributed by atoms with Crippen LogP contribution in [0.1, 0.15) is 43.4 Å². The Bertz CT molecular complexity index is 1370. The summed E-state index contributed by atoms with van der Waals surface area (Å²) in [7, 11) is 0. The SMILES string of the molecule is CCN(CC)C(COc1ccc(/C(=C(\Cl)c2ccccc2)c2ccccc2)cc1)OC(=O)CC(O)(CC(=O)O)C(=O)O. The Morgan fingerprint density at radius 2 is 1.33 bits per heavy atom. The number of likely N-dealkylation sites (N-methyl/N-ethyl adjacent to an activating group) is 1. The molecule has 10 heteroatoms. The summed E-state index contributed by atoms with van der Waals surface area (Å²) in [5.41, 5.74) is 0.731. The molecule has 9 nitrogen and oxygen atoms in total. The summed E-state index contributed by atoms with van der Waals surface area (Å²) in [5.74, 6) is -3.96. The number of aliphatic carboxylic acids is 2. The van der Waals surface area contributed by atoms with E-state index in [1.165, 1.54) is 0 Å². The zero-order valence-corrected chi connectivity index (χ0v) is 24.2. The average Bonchev–Trinajstić information content (AvgIpc) is 2.97. The summed E-state index contributed by atoms with van der Waals surface area (Å²) < 4.78 is 11.4. The second kappa shape index (κ2) is 15.2. The third kappa shape index (κ3) is 8.66. The first-order chi connectivity index (χ1) is 20.1. The number of carboxylic acids is 2. The lowest BCUT2D eigenvalue weighted by Crippen LogP contribution is -2.46. The first-order valence-corrected chi connectivity index (χ1v) is 13.8. The number of rotatable bonds is 15. The number of carboxylic acid groups (broad SMARTS) is 2. The van der Waals surface area contributed by atoms with E-state index in [-0.39, 0.29) is 6.61 Å². The monoisotopic (exact) mass is 595 g/mol. The highest BCUT2D eigenvalue weighted by Gasteiger charge is 2.42. The molecular formula is C32H34ClNO8. The Hall–Kier alpha value is -4.18. The molecule has 222 valence electrons. The maximum absolute atomic E-state index is 12.6. The van der Waals surface area contributed by atoms with Crippen LogP contribution >= 0.6 is 11.6 Å². The lowest BCUT2D eigenvalue weighted by molar-refractivity contribution is -0.178. The van der Waals surface area contributed by atoms with E-state index in [1.807, 2.05) is 86.6 Å². The van der Waals surface area contributed by atoms with Crippen LogP contribution in [0.2, 0.25) is 0 Å². The van der Waals surface area contributed by atoms with Gasteiger partial charge in [0.25, 0.3) is 0 Å². The predicted molar refractivity (Wildman–Crippen MR) is 159 cm³/mol. The van der Waals surface area contributed by atoms with Crippen molar-refractivity contribution in [1.29, 1.82) is 0 Å². The maximum Gasteiger partial charge on any atom is 0.336 e. The van der Waals surface area contributed by atoms with Crippen molar-refractivity contribution in [2.75, 3.05) is 19.7 Å². The number of halogens is 1. The fourth-order valence-corrected chi connectivity index (χ4v) is 4.72. The number of hydrogen-bond acceptors (Lipinski definition) is 7. The summed E-state index contributed by atoms with van der Waals surface area (Å²) in [5, 5.41) is 29.1. The number of ether oxygens (including phenoxy) is 2. The minimum Gasteiger partial charge on any atom is -0.488 e. The molecule has 0 aliphatic carbocycles. The van der Waals surface area contributed by atoms with Crippen LogP contribution in [0.15, 0.2) is 84.9 Å². The summed E-state index contributed by atoms with van der Waals surface area (Å²) in [6.07, 6.45) is -3.09. The van der Waals surface area contributed by atoms with Crippen molar-refractivity contribution in [3.8, 4) is 5.75 Å². The molecule has 2 atom stereocenters. The largest absolute Gasteiger partial charge is 0.488 e. The Kier molecular flexibility index (Phi) is 11.7. The van der Waals surface area contributed by atoms with Crippen LogP contribution in [0.4, 0.5) is 0 Å². The van der Waals surface area contributed by atoms with Crippen molar-refractivity contribution in [1.82, 2.24) is 4.90 Å². The highest BCUT2D eigenvalue weighted by Crippen LogP contribution is 2.35. The third-order valence-electron chi connectivity index (χ3n) is 6.61. The molecule has 0 radical (unpaired) electrons. The van der Waals surface area contributed by atoms with Crippen LogP contribution in [-0.4, -0.2) is 69.7 Å². The van der Waals surface area contributed by atoms with E-state index in [2.05, 4.69) is 0 Å². The third-order valence-corrected chi connectivity index (χ3v) is 7.02. The fourth-order valence-electron chi connectivity index (χ4n) is 4.38. The van der Waals surface area contributed by atoms with Crippen molar-refractivity contribution >= 4 is 40.1 Å². The van der Waals surface area contributed by atoms with E-state index >= 15 is 0 Å². The number of carbonyl (C=O) groups excluding carboxylic acids is 1. The summed E-state index contributed by atoms with van der Waals surface area (Å²) >= 11 is 6.90. The molecule has 3 rings (SSSR count). The number of aliphatic hydroxyl groups is 1. The highest BCUT2D eigenvalue weighted by atomic mass is 35.5. The molecule has 0 bridgehead atoms. The maximum atomic E-state index is 12.6. The molecule has 42 heavy (non-hydrogen) atoms. The predicted octanol–water partition coefficient (Wildman–Crippen LogP) is 5.11. The molecule has 3 N–H and O–H groups in total. The van der Waals surface area contributed by atoms with Gasteiger partial charge in [-0.05, 0) is 41.9 Å². The highest BCUT2D eigenvalue weighted by molar-refractivity contribution is 6.53. The van der Waals surface area contributed by atoms with E-state index in [4.69, 9.17) is 26.2 Å². The lowest BCUT2D eigenvalue weighted by atomic mass is 9.95. The second-order valence-corrected chi connectivity index (χ2v) is 9.88. The molecule has 3 aromatic carbocycles. The molecular weight excluding hydrogens is 562 g/mol. The molecule has 0 saturated heterocycles. The molecule has 0 aromatic heterocycles. The van der Waals surface area contributed by atoms with Crippen molar-refractivity contribution < 1.29 is 39.2 Å². The molecule has 0 spiro atoms. The minimum atomic E-state index is -2.79. The molecule has 0 saturated carbocycles. The number of hydrogen-bond donors (Lipinski definition) is 3.